The van der Waals surface area contributed by atoms with E-state index in [1.165, 1.54) is 32.5 Å². The molecule has 8 rings (SSSR count). The number of hydrogen-bond donors (Lipinski definition) is 3. The molecule has 2 aliphatic heterocycles. The molecule has 16 nitrogen and oxygen atoms in total. The zero-order valence-electron chi connectivity index (χ0n) is 32.1. The summed E-state index contributed by atoms with van der Waals surface area (Å²) in [5.41, 5.74) is 6.16. The second-order valence-corrected chi connectivity index (χ2v) is 16.1. The first-order valence-corrected chi connectivity index (χ1v) is 19.7. The van der Waals surface area contributed by atoms with E-state index in [0.717, 1.165) is 10.0 Å². The third-order valence-corrected chi connectivity index (χ3v) is 11.3. The third-order valence-electron chi connectivity index (χ3n) is 9.39. The van der Waals surface area contributed by atoms with Gasteiger partial charge in [-0.15, -0.1) is 22.7 Å². The predicted octanol–water partition coefficient (Wildman–Crippen LogP) is 3.38. The normalized spacial score (nSPS) is 18.5. The molecule has 2 aromatic carbocycles. The number of aliphatic hydroxyl groups is 2. The molecule has 3 amide bonds. The molecular formula is C41H41N9O7S2. The van der Waals surface area contributed by atoms with Crippen molar-refractivity contribution in [3.63, 3.8) is 0 Å². The van der Waals surface area contributed by atoms with Gasteiger partial charge in [0.1, 0.15) is 9.40 Å². The molecule has 0 bridgehead atoms. The SMILES string of the molecule is C.CCOC(=O)c1nn(-c2cccc(C#C[C@]3(O)CCN(C)C3=O)c2)c2nc(C)sc12.Cc1nc2c(s1)c(C(N)=O)nn2-c1cccc(C#C[C@]2(O)CCN(C)C2=O)c1. The summed E-state index contributed by atoms with van der Waals surface area (Å²) in [5.74, 6) is 9.28. The number of likely N-dealkylation sites (tertiary alicyclic amines) is 2. The van der Waals surface area contributed by atoms with E-state index in [9.17, 15) is 29.4 Å². The first-order chi connectivity index (χ1) is 27.6. The number of likely N-dealkylation sites (N-methyl/N-ethyl adjacent to an activating group) is 2. The molecule has 18 heteroatoms. The number of nitrogens with zero attached hydrogens (tertiary/aromatic N) is 8. The molecule has 0 spiro atoms. The fraction of sp³-hybridized carbons (Fsp3) is 0.317. The summed E-state index contributed by atoms with van der Waals surface area (Å²) in [5, 5.41) is 31.3. The number of carbonyl (C=O) groups excluding carboxylic acids is 4. The molecule has 2 fully saturated rings. The average Bonchev–Trinajstić information content (AvgIpc) is 4.03. The van der Waals surface area contributed by atoms with Crippen molar-refractivity contribution in [1.82, 2.24) is 39.3 Å². The number of rotatable bonds is 5. The maximum atomic E-state index is 12.3. The van der Waals surface area contributed by atoms with E-state index in [1.807, 2.05) is 19.9 Å². The van der Waals surface area contributed by atoms with E-state index < -0.39 is 34.9 Å². The molecule has 2 aliphatic rings. The van der Waals surface area contributed by atoms with Crippen LogP contribution in [0.2, 0.25) is 0 Å². The highest BCUT2D eigenvalue weighted by atomic mass is 32.1. The van der Waals surface area contributed by atoms with Crippen LogP contribution < -0.4 is 5.73 Å². The molecule has 6 heterocycles. The summed E-state index contributed by atoms with van der Waals surface area (Å²) in [6, 6.07) is 14.3. The van der Waals surface area contributed by atoms with Crippen LogP contribution in [0, 0.1) is 37.5 Å². The maximum Gasteiger partial charge on any atom is 0.360 e. The molecular weight excluding hydrogens is 795 g/mol. The fourth-order valence-corrected chi connectivity index (χ4v) is 8.15. The summed E-state index contributed by atoms with van der Waals surface area (Å²) < 4.78 is 9.55. The van der Waals surface area contributed by atoms with E-state index in [1.54, 1.807) is 72.8 Å². The summed E-state index contributed by atoms with van der Waals surface area (Å²) >= 11 is 2.74. The van der Waals surface area contributed by atoms with E-state index in [0.29, 0.717) is 56.3 Å². The molecule has 4 N–H and O–H groups in total. The molecule has 304 valence electrons. The van der Waals surface area contributed by atoms with Gasteiger partial charge < -0.3 is 30.5 Å². The summed E-state index contributed by atoms with van der Waals surface area (Å²) in [6.45, 7) is 6.64. The zero-order chi connectivity index (χ0) is 41.5. The van der Waals surface area contributed by atoms with Gasteiger partial charge in [-0.3, -0.25) is 14.4 Å². The maximum absolute atomic E-state index is 12.3. The third kappa shape index (κ3) is 8.16. The molecule has 2 atom stereocenters. The van der Waals surface area contributed by atoms with Crippen molar-refractivity contribution in [3.8, 4) is 35.1 Å². The van der Waals surface area contributed by atoms with Crippen LogP contribution in [0.15, 0.2) is 48.5 Å². The van der Waals surface area contributed by atoms with Crippen LogP contribution in [0.25, 0.3) is 32.1 Å². The summed E-state index contributed by atoms with van der Waals surface area (Å²) in [6.07, 6.45) is 0.546. The lowest BCUT2D eigenvalue weighted by atomic mass is 10.0. The van der Waals surface area contributed by atoms with Crippen LogP contribution in [0.5, 0.6) is 0 Å². The van der Waals surface area contributed by atoms with Crippen molar-refractivity contribution in [3.05, 3.63) is 81.1 Å². The van der Waals surface area contributed by atoms with Gasteiger partial charge in [-0.2, -0.15) is 10.2 Å². The highest BCUT2D eigenvalue weighted by molar-refractivity contribution is 7.19. The highest BCUT2D eigenvalue weighted by Gasteiger charge is 2.43. The Morgan fingerprint density at radius 2 is 1.24 bits per heavy atom. The second kappa shape index (κ2) is 16.4. The number of aryl methyl sites for hydroxylation is 2. The number of nitrogens with two attached hydrogens (primary N) is 1. The van der Waals surface area contributed by atoms with E-state index in [-0.39, 0.29) is 38.3 Å². The molecule has 0 unspecified atom stereocenters. The number of fused-ring (bicyclic) bond motifs is 2. The van der Waals surface area contributed by atoms with Gasteiger partial charge >= 0.3 is 5.97 Å². The Balaban J connectivity index is 0.000000195. The minimum atomic E-state index is -1.66. The van der Waals surface area contributed by atoms with Gasteiger partial charge in [-0.05, 0) is 57.2 Å². The van der Waals surface area contributed by atoms with Gasteiger partial charge in [0.05, 0.1) is 28.0 Å². The topological polar surface area (TPSA) is 212 Å². The quantitative estimate of drug-likeness (QED) is 0.169. The summed E-state index contributed by atoms with van der Waals surface area (Å²) in [4.78, 5) is 60.1. The van der Waals surface area contributed by atoms with Crippen LogP contribution in [-0.2, 0) is 14.3 Å². The Bertz CT molecular complexity index is 2780. The van der Waals surface area contributed by atoms with E-state index in [4.69, 9.17) is 10.5 Å². The van der Waals surface area contributed by atoms with Crippen LogP contribution >= 0.6 is 22.7 Å². The highest BCUT2D eigenvalue weighted by Crippen LogP contribution is 2.30. The Kier molecular flexibility index (Phi) is 11.7. The number of hydrogen-bond acceptors (Lipinski definition) is 13. The smallest absolute Gasteiger partial charge is 0.360 e. The van der Waals surface area contributed by atoms with Gasteiger partial charge in [0, 0.05) is 51.2 Å². The standard InChI is InChI=1S/C21H20N4O4S.C19H17N5O3S.CH4/c1-4-29-19(26)16-17-18(22-13(2)30-17)25(23-16)15-7-5-6-14(12-15)8-9-21(28)10-11-24(3)20(21)27;1-11-21-17-15(28-11)14(16(20)25)22-24(17)13-5-3-4-12(10-13)6-7-19(27)8-9-23(2)18(19)26;/h5-7,12,28H,4,10-11H2,1-3H3;3-5,10,27H,8-9H2,1-2H3,(H2,20,25);1H4/t21-;19-;/m00./s1. The first-order valence-electron chi connectivity index (χ1n) is 18.0. The van der Waals surface area contributed by atoms with Crippen molar-refractivity contribution in [1.29, 1.82) is 0 Å². The van der Waals surface area contributed by atoms with Crippen LogP contribution in [-0.4, -0.2) is 118 Å². The molecule has 4 aromatic heterocycles. The number of primary amides is 1. The van der Waals surface area contributed by atoms with Crippen molar-refractivity contribution < 1.29 is 34.1 Å². The number of thiazole rings is 2. The predicted molar refractivity (Wildman–Crippen MR) is 222 cm³/mol. The van der Waals surface area contributed by atoms with Gasteiger partial charge in [-0.25, -0.2) is 24.1 Å². The number of amides is 3. The van der Waals surface area contributed by atoms with Gasteiger partial charge in [-0.1, -0.05) is 43.2 Å². The van der Waals surface area contributed by atoms with Crippen LogP contribution in [0.4, 0.5) is 0 Å². The average molecular weight is 836 g/mol. The Morgan fingerprint density at radius 1 is 0.797 bits per heavy atom. The van der Waals surface area contributed by atoms with Gasteiger partial charge in [0.15, 0.2) is 22.7 Å². The van der Waals surface area contributed by atoms with Crippen LogP contribution in [0.3, 0.4) is 0 Å². The van der Waals surface area contributed by atoms with E-state index in [2.05, 4.69) is 43.8 Å². The van der Waals surface area contributed by atoms with Crippen LogP contribution in [0.1, 0.15) is 69.3 Å². The lowest BCUT2D eigenvalue weighted by molar-refractivity contribution is -0.138. The monoisotopic (exact) mass is 835 g/mol. The lowest BCUT2D eigenvalue weighted by Gasteiger charge is -2.13. The first kappa shape index (κ1) is 42.2. The van der Waals surface area contributed by atoms with E-state index >= 15 is 0 Å². The molecule has 2 saturated heterocycles. The fourth-order valence-electron chi connectivity index (χ4n) is 6.39. The number of aromatic nitrogens is 6. The zero-order valence-corrected chi connectivity index (χ0v) is 33.7. The van der Waals surface area contributed by atoms with Crippen molar-refractivity contribution in [2.45, 2.75) is 52.2 Å². The number of esters is 1. The van der Waals surface area contributed by atoms with Crippen molar-refractivity contribution >= 4 is 67.1 Å². The number of carbonyl (C=O) groups is 4. The second-order valence-electron chi connectivity index (χ2n) is 13.7. The molecule has 0 saturated carbocycles. The van der Waals surface area contributed by atoms with Gasteiger partial charge in [0.2, 0.25) is 11.2 Å². The number of benzene rings is 2. The minimum Gasteiger partial charge on any atom is -0.461 e. The largest absolute Gasteiger partial charge is 0.461 e. The Morgan fingerprint density at radius 3 is 1.64 bits per heavy atom. The Labute approximate surface area is 347 Å². The van der Waals surface area contributed by atoms with Crippen molar-refractivity contribution in [2.75, 3.05) is 33.8 Å². The van der Waals surface area contributed by atoms with Crippen molar-refractivity contribution in [2.24, 2.45) is 5.73 Å². The summed E-state index contributed by atoms with van der Waals surface area (Å²) in [7, 11) is 3.28. The molecule has 6 aromatic rings. The Hall–Kier alpha value is -6.44. The minimum absolute atomic E-state index is 0. The molecule has 0 radical (unpaired) electrons. The number of ether oxygens (including phenoxy) is 1. The molecule has 59 heavy (non-hydrogen) atoms. The van der Waals surface area contributed by atoms with Gasteiger partial charge in [0.25, 0.3) is 17.7 Å². The lowest BCUT2D eigenvalue weighted by Crippen LogP contribution is -2.37. The molecule has 0 aliphatic carbocycles.